The summed E-state index contributed by atoms with van der Waals surface area (Å²) in [5, 5.41) is 9.31. The van der Waals surface area contributed by atoms with Crippen molar-refractivity contribution in [1.29, 1.82) is 0 Å². The first-order valence-electron chi connectivity index (χ1n) is 5.54. The lowest BCUT2D eigenvalue weighted by Gasteiger charge is -2.20. The van der Waals surface area contributed by atoms with E-state index in [1.807, 2.05) is 0 Å². The zero-order valence-electron chi connectivity index (χ0n) is 9.91. The second-order valence-corrected chi connectivity index (χ2v) is 6.88. The maximum absolute atomic E-state index is 12.3. The summed E-state index contributed by atoms with van der Waals surface area (Å²) >= 11 is 5.76. The molecule has 8 heteroatoms. The smallest absolute Gasteiger partial charge is 0.325 e. The van der Waals surface area contributed by atoms with Crippen molar-refractivity contribution >= 4 is 27.6 Å². The Bertz CT molecular complexity index is 619. The van der Waals surface area contributed by atoms with Crippen LogP contribution < -0.4 is 5.73 Å². The second-order valence-electron chi connectivity index (χ2n) is 4.51. The number of carbonyl (C=O) groups is 1. The number of nitrogens with zero attached hydrogens (tertiary/aromatic N) is 1. The molecule has 1 aliphatic heterocycles. The van der Waals surface area contributed by atoms with Gasteiger partial charge in [0, 0.05) is 18.1 Å². The van der Waals surface area contributed by atoms with Gasteiger partial charge in [0.2, 0.25) is 10.0 Å². The van der Waals surface area contributed by atoms with Gasteiger partial charge in [-0.2, -0.15) is 4.31 Å². The van der Waals surface area contributed by atoms with Crippen LogP contribution in [0, 0.1) is 0 Å². The van der Waals surface area contributed by atoms with Crippen molar-refractivity contribution in [1.82, 2.24) is 4.31 Å². The summed E-state index contributed by atoms with van der Waals surface area (Å²) < 4.78 is 25.7. The Morgan fingerprint density at radius 3 is 2.68 bits per heavy atom. The summed E-state index contributed by atoms with van der Waals surface area (Å²) in [5.74, 6) is -1.20. The highest BCUT2D eigenvalue weighted by Crippen LogP contribution is 2.27. The number of halogens is 1. The van der Waals surface area contributed by atoms with Gasteiger partial charge >= 0.3 is 5.97 Å². The molecule has 19 heavy (non-hydrogen) atoms. The first kappa shape index (κ1) is 14.3. The lowest BCUT2D eigenvalue weighted by atomic mass is 10.0. The number of carboxylic acids is 1. The van der Waals surface area contributed by atoms with Gasteiger partial charge in [0.1, 0.15) is 5.54 Å². The zero-order chi connectivity index (χ0) is 14.3. The first-order chi connectivity index (χ1) is 8.75. The fourth-order valence-electron chi connectivity index (χ4n) is 1.95. The molecule has 1 heterocycles. The van der Waals surface area contributed by atoms with Crippen LogP contribution in [-0.4, -0.2) is 42.4 Å². The molecule has 0 spiro atoms. The molecule has 3 N–H and O–H groups in total. The van der Waals surface area contributed by atoms with E-state index in [2.05, 4.69) is 0 Å². The van der Waals surface area contributed by atoms with E-state index in [0.29, 0.717) is 5.02 Å². The second kappa shape index (κ2) is 4.75. The molecule has 0 saturated carbocycles. The van der Waals surface area contributed by atoms with Gasteiger partial charge in [-0.3, -0.25) is 4.79 Å². The Hall–Kier alpha value is -1.15. The number of hydrogen-bond donors (Lipinski definition) is 2. The number of benzene rings is 1. The number of aliphatic carboxylic acids is 1. The Balaban J connectivity index is 2.31. The predicted octanol–water partition coefficient (Wildman–Crippen LogP) is 0.517. The van der Waals surface area contributed by atoms with E-state index in [-0.39, 0.29) is 24.4 Å². The molecular weight excluding hydrogens is 292 g/mol. The molecular formula is C11H13ClN2O4S. The molecule has 0 radical (unpaired) electrons. The lowest BCUT2D eigenvalue weighted by Crippen LogP contribution is -2.50. The molecule has 1 atom stereocenters. The van der Waals surface area contributed by atoms with Crippen LogP contribution in [0.25, 0.3) is 0 Å². The minimum Gasteiger partial charge on any atom is -0.480 e. The van der Waals surface area contributed by atoms with Gasteiger partial charge in [0.25, 0.3) is 0 Å². The van der Waals surface area contributed by atoms with E-state index in [9.17, 15) is 13.2 Å². The molecule has 2 rings (SSSR count). The quantitative estimate of drug-likeness (QED) is 0.847. The van der Waals surface area contributed by atoms with Crippen LogP contribution in [0.5, 0.6) is 0 Å². The van der Waals surface area contributed by atoms with Crippen LogP contribution in [-0.2, 0) is 14.8 Å². The molecule has 0 amide bonds. The number of sulfonamides is 1. The van der Waals surface area contributed by atoms with E-state index in [4.69, 9.17) is 22.4 Å². The molecule has 104 valence electrons. The van der Waals surface area contributed by atoms with Gasteiger partial charge in [0.15, 0.2) is 0 Å². The summed E-state index contributed by atoms with van der Waals surface area (Å²) in [5.41, 5.74) is 4.14. The van der Waals surface area contributed by atoms with E-state index in [1.165, 1.54) is 18.2 Å². The maximum Gasteiger partial charge on any atom is 0.325 e. The number of rotatable bonds is 3. The average Bonchev–Trinajstić information content (AvgIpc) is 2.74. The van der Waals surface area contributed by atoms with Crippen LogP contribution >= 0.6 is 11.6 Å². The van der Waals surface area contributed by atoms with Crippen molar-refractivity contribution < 1.29 is 18.3 Å². The van der Waals surface area contributed by atoms with Crippen LogP contribution in [0.2, 0.25) is 5.02 Å². The van der Waals surface area contributed by atoms with Crippen molar-refractivity contribution in [3.05, 3.63) is 29.3 Å². The average molecular weight is 305 g/mol. The third kappa shape index (κ3) is 2.59. The molecule has 1 fully saturated rings. The van der Waals surface area contributed by atoms with Crippen molar-refractivity contribution in [2.45, 2.75) is 16.9 Å². The Labute approximate surface area is 115 Å². The summed E-state index contributed by atoms with van der Waals surface area (Å²) in [4.78, 5) is 11.1. The predicted molar refractivity (Wildman–Crippen MR) is 69.4 cm³/mol. The minimum atomic E-state index is -3.76. The number of hydrogen-bond acceptors (Lipinski definition) is 4. The van der Waals surface area contributed by atoms with Crippen LogP contribution in [0.15, 0.2) is 29.2 Å². The summed E-state index contributed by atoms with van der Waals surface area (Å²) in [6.07, 6.45) is 0.0854. The Morgan fingerprint density at radius 2 is 2.16 bits per heavy atom. The van der Waals surface area contributed by atoms with E-state index >= 15 is 0 Å². The third-order valence-electron chi connectivity index (χ3n) is 3.13. The number of nitrogens with two attached hydrogens (primary N) is 1. The van der Waals surface area contributed by atoms with Gasteiger partial charge in [-0.1, -0.05) is 17.7 Å². The normalized spacial score (nSPS) is 24.5. The maximum atomic E-state index is 12.3. The van der Waals surface area contributed by atoms with Gasteiger partial charge in [-0.25, -0.2) is 8.42 Å². The third-order valence-corrected chi connectivity index (χ3v) is 5.20. The lowest BCUT2D eigenvalue weighted by molar-refractivity contribution is -0.142. The van der Waals surface area contributed by atoms with Crippen molar-refractivity contribution in [2.75, 3.05) is 13.1 Å². The van der Waals surface area contributed by atoms with Crippen LogP contribution in [0.1, 0.15) is 6.42 Å². The van der Waals surface area contributed by atoms with Crippen molar-refractivity contribution in [3.63, 3.8) is 0 Å². The standard InChI is InChI=1S/C11H13ClN2O4S/c12-8-2-1-3-9(6-8)19(17,18)14-5-4-11(13,7-14)10(15)16/h1-3,6H,4-5,7,13H2,(H,15,16). The fourth-order valence-corrected chi connectivity index (χ4v) is 3.76. The zero-order valence-corrected chi connectivity index (χ0v) is 11.5. The van der Waals surface area contributed by atoms with Gasteiger partial charge in [-0.15, -0.1) is 0 Å². The highest BCUT2D eigenvalue weighted by molar-refractivity contribution is 7.89. The van der Waals surface area contributed by atoms with E-state index in [0.717, 1.165) is 4.31 Å². The number of carboxylic acid groups (broad SMARTS) is 1. The molecule has 6 nitrogen and oxygen atoms in total. The molecule has 0 aromatic heterocycles. The highest BCUT2D eigenvalue weighted by Gasteiger charge is 2.45. The molecule has 1 saturated heterocycles. The van der Waals surface area contributed by atoms with Gasteiger partial charge < -0.3 is 10.8 Å². The van der Waals surface area contributed by atoms with Crippen molar-refractivity contribution in [3.8, 4) is 0 Å². The SMILES string of the molecule is NC1(C(=O)O)CCN(S(=O)(=O)c2cccc(Cl)c2)C1. The molecule has 0 aliphatic carbocycles. The summed E-state index contributed by atoms with van der Waals surface area (Å²) in [7, 11) is -3.76. The Kier molecular flexibility index (Phi) is 3.57. The van der Waals surface area contributed by atoms with E-state index in [1.54, 1.807) is 6.07 Å². The summed E-state index contributed by atoms with van der Waals surface area (Å²) in [6, 6.07) is 5.83. The van der Waals surface area contributed by atoms with Crippen LogP contribution in [0.4, 0.5) is 0 Å². The van der Waals surface area contributed by atoms with Gasteiger partial charge in [-0.05, 0) is 24.6 Å². The fraction of sp³-hybridized carbons (Fsp3) is 0.364. The molecule has 1 aromatic rings. The summed E-state index contributed by atoms with van der Waals surface area (Å²) in [6.45, 7) is -0.158. The Morgan fingerprint density at radius 1 is 1.47 bits per heavy atom. The molecule has 0 bridgehead atoms. The first-order valence-corrected chi connectivity index (χ1v) is 7.35. The van der Waals surface area contributed by atoms with Gasteiger partial charge in [0.05, 0.1) is 4.90 Å². The molecule has 1 aromatic carbocycles. The monoisotopic (exact) mass is 304 g/mol. The highest BCUT2D eigenvalue weighted by atomic mass is 35.5. The largest absolute Gasteiger partial charge is 0.480 e. The molecule has 1 aliphatic rings. The van der Waals surface area contributed by atoms with Crippen LogP contribution in [0.3, 0.4) is 0 Å². The molecule has 1 unspecified atom stereocenters. The minimum absolute atomic E-state index is 0.0367. The van der Waals surface area contributed by atoms with E-state index < -0.39 is 21.5 Å². The van der Waals surface area contributed by atoms with Crippen molar-refractivity contribution in [2.24, 2.45) is 5.73 Å². The topological polar surface area (TPSA) is 101 Å².